The molecule has 1 saturated heterocycles. The fourth-order valence-electron chi connectivity index (χ4n) is 6.84. The maximum Gasteiger partial charge on any atom is 0.238 e. The van der Waals surface area contributed by atoms with Crippen LogP contribution in [0.1, 0.15) is 39.7 Å². The summed E-state index contributed by atoms with van der Waals surface area (Å²) in [5.74, 6) is -1.08. The summed E-state index contributed by atoms with van der Waals surface area (Å²) in [6.07, 6.45) is 0. The van der Waals surface area contributed by atoms with E-state index in [1.165, 1.54) is 32.7 Å². The summed E-state index contributed by atoms with van der Waals surface area (Å²) < 4.78 is 1.16. The van der Waals surface area contributed by atoms with Gasteiger partial charge in [0.05, 0.1) is 27.7 Å². The van der Waals surface area contributed by atoms with Crippen LogP contribution in [0, 0.1) is 18.8 Å². The minimum Gasteiger partial charge on any atom is -0.274 e. The Morgan fingerprint density at radius 3 is 1.78 bits per heavy atom. The molecule has 37 heavy (non-hydrogen) atoms. The van der Waals surface area contributed by atoms with E-state index in [9.17, 15) is 9.59 Å². The number of hydrogen-bond acceptors (Lipinski definition) is 4. The Balaban J connectivity index is 1.19. The molecule has 178 valence electrons. The number of rotatable bonds is 2. The number of carbonyl (C=O) groups is 2. The monoisotopic (exact) mass is 498 g/mol. The van der Waals surface area contributed by atoms with Crippen LogP contribution >= 0.6 is 11.3 Å². The molecule has 2 heterocycles. The van der Waals surface area contributed by atoms with Crippen molar-refractivity contribution in [3.05, 3.63) is 119 Å². The second kappa shape index (κ2) is 7.46. The molecular weight excluding hydrogens is 476 g/mol. The molecular formula is C32H22N2O2S. The zero-order valence-electron chi connectivity index (χ0n) is 20.1. The molecule has 4 aromatic carbocycles. The van der Waals surface area contributed by atoms with Crippen molar-refractivity contribution < 1.29 is 9.59 Å². The van der Waals surface area contributed by atoms with E-state index in [0.717, 1.165) is 20.8 Å². The zero-order chi connectivity index (χ0) is 24.8. The van der Waals surface area contributed by atoms with E-state index in [1.54, 1.807) is 11.3 Å². The summed E-state index contributed by atoms with van der Waals surface area (Å²) in [5, 5.41) is 0.934. The molecule has 4 nitrogen and oxygen atoms in total. The molecule has 2 amide bonds. The van der Waals surface area contributed by atoms with Crippen molar-refractivity contribution in [3.8, 4) is 10.6 Å². The van der Waals surface area contributed by atoms with Gasteiger partial charge in [-0.3, -0.25) is 9.59 Å². The summed E-state index contributed by atoms with van der Waals surface area (Å²) >= 11 is 1.66. The smallest absolute Gasteiger partial charge is 0.238 e. The largest absolute Gasteiger partial charge is 0.274 e. The average Bonchev–Trinajstić information content (AvgIpc) is 3.47. The number of anilines is 1. The van der Waals surface area contributed by atoms with Crippen LogP contribution in [0.5, 0.6) is 0 Å². The second-order valence-electron chi connectivity index (χ2n) is 10.3. The van der Waals surface area contributed by atoms with Crippen LogP contribution in [0.4, 0.5) is 5.69 Å². The molecule has 0 unspecified atom stereocenters. The van der Waals surface area contributed by atoms with Crippen LogP contribution < -0.4 is 4.90 Å². The first-order chi connectivity index (χ1) is 18.1. The molecule has 1 aromatic heterocycles. The van der Waals surface area contributed by atoms with Gasteiger partial charge in [0.25, 0.3) is 0 Å². The SMILES string of the molecule is Cc1ccc2nc(-c3ccc(N4C(=O)[C@@H]5C6c7ccccc7C(c7ccccc76)[C@H]5C4=O)cc3)sc2c1. The molecule has 2 atom stereocenters. The number of amides is 2. The summed E-state index contributed by atoms with van der Waals surface area (Å²) in [7, 11) is 0. The molecule has 3 aliphatic carbocycles. The quantitative estimate of drug-likeness (QED) is 0.256. The highest BCUT2D eigenvalue weighted by Crippen LogP contribution is 2.61. The van der Waals surface area contributed by atoms with Gasteiger partial charge in [-0.2, -0.15) is 0 Å². The number of benzene rings is 4. The molecule has 9 rings (SSSR count). The molecule has 4 aliphatic rings. The van der Waals surface area contributed by atoms with Gasteiger partial charge in [0.2, 0.25) is 11.8 Å². The van der Waals surface area contributed by atoms with Gasteiger partial charge in [0, 0.05) is 17.4 Å². The molecule has 1 aliphatic heterocycles. The number of imide groups is 1. The van der Waals surface area contributed by atoms with Crippen molar-refractivity contribution in [1.29, 1.82) is 0 Å². The standard InChI is InChI=1S/C32H22N2O2S/c1-17-10-15-24-25(16-17)37-30(33-24)18-11-13-19(14-12-18)34-31(35)28-26-20-6-2-3-7-21(20)27(29(28)32(34)36)23-9-5-4-8-22(23)26/h2-16,26-29H,1H3/t26?,27?,28-,29-/m1/s1. The summed E-state index contributed by atoms with van der Waals surface area (Å²) in [6.45, 7) is 2.08. The number of thiazole rings is 1. The van der Waals surface area contributed by atoms with Crippen molar-refractivity contribution in [3.63, 3.8) is 0 Å². The van der Waals surface area contributed by atoms with Gasteiger partial charge in [-0.1, -0.05) is 54.6 Å². The van der Waals surface area contributed by atoms with Gasteiger partial charge < -0.3 is 0 Å². The molecule has 2 bridgehead atoms. The van der Waals surface area contributed by atoms with Crippen LogP contribution in [-0.2, 0) is 9.59 Å². The Morgan fingerprint density at radius 1 is 0.703 bits per heavy atom. The van der Waals surface area contributed by atoms with Gasteiger partial charge in [0.15, 0.2) is 0 Å². The van der Waals surface area contributed by atoms with E-state index in [1.807, 2.05) is 54.6 Å². The number of fused-ring (bicyclic) bond motifs is 1. The van der Waals surface area contributed by atoms with Crippen molar-refractivity contribution in [2.75, 3.05) is 4.90 Å². The van der Waals surface area contributed by atoms with E-state index < -0.39 is 0 Å². The van der Waals surface area contributed by atoms with E-state index in [4.69, 9.17) is 4.98 Å². The molecule has 5 heteroatoms. The number of nitrogens with zero attached hydrogens (tertiary/aromatic N) is 2. The Hall–Kier alpha value is -4.09. The van der Waals surface area contributed by atoms with Gasteiger partial charge in [-0.25, -0.2) is 9.88 Å². The minimum atomic E-state index is -0.366. The van der Waals surface area contributed by atoms with Crippen LogP contribution in [0.2, 0.25) is 0 Å². The first kappa shape index (κ1) is 21.0. The lowest BCUT2D eigenvalue weighted by Gasteiger charge is -2.45. The maximum atomic E-state index is 14.0. The second-order valence-corrected chi connectivity index (χ2v) is 11.3. The third-order valence-electron chi connectivity index (χ3n) is 8.36. The Labute approximate surface area is 218 Å². The molecule has 5 aromatic rings. The third kappa shape index (κ3) is 2.80. The van der Waals surface area contributed by atoms with Crippen molar-refractivity contribution >= 4 is 39.1 Å². The predicted octanol–water partition coefficient (Wildman–Crippen LogP) is 6.67. The van der Waals surface area contributed by atoms with Gasteiger partial charge in [-0.15, -0.1) is 11.3 Å². The highest BCUT2D eigenvalue weighted by atomic mass is 32.1. The fraction of sp³-hybridized carbons (Fsp3) is 0.156. The molecule has 0 N–H and O–H groups in total. The topological polar surface area (TPSA) is 50.3 Å². The average molecular weight is 499 g/mol. The van der Waals surface area contributed by atoms with Crippen molar-refractivity contribution in [2.24, 2.45) is 11.8 Å². The Bertz CT molecular complexity index is 1650. The number of aryl methyl sites for hydroxylation is 1. The summed E-state index contributed by atoms with van der Waals surface area (Å²) in [5.41, 5.74) is 8.58. The molecule has 0 spiro atoms. The number of aromatic nitrogens is 1. The Morgan fingerprint density at radius 2 is 1.24 bits per heavy atom. The first-order valence-electron chi connectivity index (χ1n) is 12.6. The maximum absolute atomic E-state index is 14.0. The highest BCUT2D eigenvalue weighted by Gasteiger charge is 2.61. The van der Waals surface area contributed by atoms with Crippen LogP contribution in [0.25, 0.3) is 20.8 Å². The fourth-order valence-corrected chi connectivity index (χ4v) is 7.91. The lowest BCUT2D eigenvalue weighted by atomic mass is 9.55. The van der Waals surface area contributed by atoms with Gasteiger partial charge in [0.1, 0.15) is 5.01 Å². The van der Waals surface area contributed by atoms with Gasteiger partial charge in [-0.05, 0) is 71.1 Å². The van der Waals surface area contributed by atoms with E-state index >= 15 is 0 Å². The summed E-state index contributed by atoms with van der Waals surface area (Å²) in [6, 6.07) is 30.7. The normalized spacial score (nSPS) is 23.3. The van der Waals surface area contributed by atoms with Crippen molar-refractivity contribution in [1.82, 2.24) is 4.98 Å². The third-order valence-corrected chi connectivity index (χ3v) is 9.43. The van der Waals surface area contributed by atoms with Crippen LogP contribution in [0.3, 0.4) is 0 Å². The van der Waals surface area contributed by atoms with Gasteiger partial charge >= 0.3 is 0 Å². The first-order valence-corrected chi connectivity index (χ1v) is 13.4. The van der Waals surface area contributed by atoms with Crippen molar-refractivity contribution in [2.45, 2.75) is 18.8 Å². The van der Waals surface area contributed by atoms with E-state index in [0.29, 0.717) is 5.69 Å². The Kier molecular flexibility index (Phi) is 4.24. The predicted molar refractivity (Wildman–Crippen MR) is 146 cm³/mol. The van der Waals surface area contributed by atoms with Crippen LogP contribution in [-0.4, -0.2) is 16.8 Å². The summed E-state index contributed by atoms with van der Waals surface area (Å²) in [4.78, 5) is 34.1. The lowest BCUT2D eigenvalue weighted by molar-refractivity contribution is -0.122. The zero-order valence-corrected chi connectivity index (χ0v) is 20.9. The minimum absolute atomic E-state index is 0.0859. The number of carbonyl (C=O) groups excluding carboxylic acids is 2. The molecule has 1 fully saturated rings. The lowest BCUT2D eigenvalue weighted by Crippen LogP contribution is -2.41. The highest BCUT2D eigenvalue weighted by molar-refractivity contribution is 7.21. The molecule has 0 saturated carbocycles. The van der Waals surface area contributed by atoms with Crippen LogP contribution in [0.15, 0.2) is 91.0 Å². The van der Waals surface area contributed by atoms with E-state index in [-0.39, 0.29) is 35.5 Å². The number of hydrogen-bond donors (Lipinski definition) is 0. The van der Waals surface area contributed by atoms with E-state index in [2.05, 4.69) is 43.3 Å². The molecule has 0 radical (unpaired) electrons.